The molecule has 0 N–H and O–H groups in total. The Morgan fingerprint density at radius 1 is 0.889 bits per heavy atom. The first kappa shape index (κ1) is 15.9. The molecule has 5 rings (SSSR count). The van der Waals surface area contributed by atoms with Crippen molar-refractivity contribution in [2.75, 3.05) is 18.0 Å². The summed E-state index contributed by atoms with van der Waals surface area (Å²) in [6.45, 7) is 4.03. The van der Waals surface area contributed by atoms with Crippen LogP contribution in [0.25, 0.3) is 28.1 Å². The third-order valence-corrected chi connectivity index (χ3v) is 4.90. The first-order valence-corrected chi connectivity index (χ1v) is 9.12. The number of nitrogens with zero attached hydrogens (tertiary/aromatic N) is 7. The summed E-state index contributed by atoms with van der Waals surface area (Å²) in [5, 5.41) is 0. The van der Waals surface area contributed by atoms with Crippen LogP contribution in [0.2, 0.25) is 0 Å². The van der Waals surface area contributed by atoms with Crippen LogP contribution in [0.1, 0.15) is 18.5 Å². The smallest absolute Gasteiger partial charge is 0.225 e. The van der Waals surface area contributed by atoms with Crippen molar-refractivity contribution >= 4 is 17.0 Å². The highest BCUT2D eigenvalue weighted by atomic mass is 15.3. The summed E-state index contributed by atoms with van der Waals surface area (Å²) in [6, 6.07) is 5.95. The van der Waals surface area contributed by atoms with Crippen LogP contribution in [-0.4, -0.2) is 42.6 Å². The van der Waals surface area contributed by atoms with Crippen LogP contribution >= 0.6 is 0 Å². The van der Waals surface area contributed by atoms with E-state index < -0.39 is 0 Å². The van der Waals surface area contributed by atoms with Crippen LogP contribution in [0.3, 0.4) is 0 Å². The molecule has 1 aliphatic rings. The molecule has 0 bridgehead atoms. The van der Waals surface area contributed by atoms with Gasteiger partial charge in [0.1, 0.15) is 5.82 Å². The average molecular weight is 357 g/mol. The molecule has 0 radical (unpaired) electrons. The van der Waals surface area contributed by atoms with Gasteiger partial charge in [-0.2, -0.15) is 0 Å². The Bertz CT molecular complexity index is 1080. The molecule has 0 amide bonds. The fourth-order valence-electron chi connectivity index (χ4n) is 3.49. The van der Waals surface area contributed by atoms with E-state index in [4.69, 9.17) is 4.98 Å². The number of imidazole rings is 1. The van der Waals surface area contributed by atoms with Crippen molar-refractivity contribution < 1.29 is 0 Å². The van der Waals surface area contributed by atoms with Gasteiger partial charge in [0, 0.05) is 37.4 Å². The SMILES string of the molecule is Cc1ccc(-n2c(-c3cnc(N4CCCC4)nc3)nc3ccncc32)cn1. The van der Waals surface area contributed by atoms with Gasteiger partial charge in [0.05, 0.1) is 34.7 Å². The lowest BCUT2D eigenvalue weighted by Crippen LogP contribution is -2.20. The zero-order chi connectivity index (χ0) is 18.2. The van der Waals surface area contributed by atoms with E-state index in [1.54, 1.807) is 6.20 Å². The standard InChI is InChI=1S/C20H19N7/c1-14-4-5-16(12-22-14)27-18-13-21-7-6-17(18)25-19(27)15-10-23-20(24-11-15)26-8-2-3-9-26/h4-7,10-13H,2-3,8-9H2,1H3. The molecule has 7 nitrogen and oxygen atoms in total. The van der Waals surface area contributed by atoms with Crippen LogP contribution in [0.5, 0.6) is 0 Å². The predicted octanol–water partition coefficient (Wildman–Crippen LogP) is 3.18. The van der Waals surface area contributed by atoms with Gasteiger partial charge >= 0.3 is 0 Å². The maximum Gasteiger partial charge on any atom is 0.225 e. The van der Waals surface area contributed by atoms with E-state index in [9.17, 15) is 0 Å². The number of aryl methyl sites for hydroxylation is 1. The van der Waals surface area contributed by atoms with Crippen LogP contribution in [0, 0.1) is 6.92 Å². The predicted molar refractivity (Wildman–Crippen MR) is 104 cm³/mol. The van der Waals surface area contributed by atoms with Crippen molar-refractivity contribution in [3.63, 3.8) is 0 Å². The first-order valence-electron chi connectivity index (χ1n) is 9.12. The lowest BCUT2D eigenvalue weighted by Gasteiger charge is -2.15. The number of anilines is 1. The fraction of sp³-hybridized carbons (Fsp3) is 0.250. The quantitative estimate of drug-likeness (QED) is 0.561. The number of aromatic nitrogens is 6. The highest BCUT2D eigenvalue weighted by Crippen LogP contribution is 2.28. The van der Waals surface area contributed by atoms with Crippen molar-refractivity contribution in [2.24, 2.45) is 0 Å². The molecule has 4 aromatic rings. The van der Waals surface area contributed by atoms with Crippen LogP contribution in [-0.2, 0) is 0 Å². The van der Waals surface area contributed by atoms with Gasteiger partial charge in [-0.25, -0.2) is 15.0 Å². The summed E-state index contributed by atoms with van der Waals surface area (Å²) in [5.41, 5.74) is 4.59. The molecule has 5 heterocycles. The molecule has 27 heavy (non-hydrogen) atoms. The van der Waals surface area contributed by atoms with E-state index in [0.717, 1.165) is 52.8 Å². The van der Waals surface area contributed by atoms with Gasteiger partial charge in [-0.1, -0.05) is 0 Å². The van der Waals surface area contributed by atoms with E-state index in [2.05, 4.69) is 29.4 Å². The Hall–Kier alpha value is -3.35. The summed E-state index contributed by atoms with van der Waals surface area (Å²) in [5.74, 6) is 1.58. The van der Waals surface area contributed by atoms with Crippen molar-refractivity contribution in [1.82, 2.24) is 29.5 Å². The lowest BCUT2D eigenvalue weighted by molar-refractivity contribution is 0.897. The maximum atomic E-state index is 4.81. The molecule has 134 valence electrons. The molecule has 4 aromatic heterocycles. The van der Waals surface area contributed by atoms with Crippen LogP contribution in [0.4, 0.5) is 5.95 Å². The minimum atomic E-state index is 0.789. The molecule has 0 saturated carbocycles. The number of pyridine rings is 2. The zero-order valence-electron chi connectivity index (χ0n) is 15.1. The van der Waals surface area contributed by atoms with Gasteiger partial charge in [0.2, 0.25) is 5.95 Å². The van der Waals surface area contributed by atoms with Gasteiger partial charge < -0.3 is 4.90 Å². The molecule has 0 unspecified atom stereocenters. The molecule has 0 aromatic carbocycles. The van der Waals surface area contributed by atoms with Crippen LogP contribution < -0.4 is 4.90 Å². The molecule has 7 heteroatoms. The highest BCUT2D eigenvalue weighted by Gasteiger charge is 2.18. The minimum Gasteiger partial charge on any atom is -0.341 e. The van der Waals surface area contributed by atoms with Gasteiger partial charge in [-0.05, 0) is 38.0 Å². The second kappa shape index (κ2) is 6.42. The van der Waals surface area contributed by atoms with Crippen LogP contribution in [0.15, 0.2) is 49.2 Å². The summed E-state index contributed by atoms with van der Waals surface area (Å²) >= 11 is 0. The first-order chi connectivity index (χ1) is 13.3. The number of fused-ring (bicyclic) bond motifs is 1. The Morgan fingerprint density at radius 2 is 1.70 bits per heavy atom. The fourth-order valence-corrected chi connectivity index (χ4v) is 3.49. The van der Waals surface area contributed by atoms with Gasteiger partial charge in [-0.15, -0.1) is 0 Å². The van der Waals surface area contributed by atoms with Gasteiger partial charge in [0.15, 0.2) is 0 Å². The number of rotatable bonds is 3. The Morgan fingerprint density at radius 3 is 2.44 bits per heavy atom. The topological polar surface area (TPSA) is 72.6 Å². The molecule has 0 atom stereocenters. The third-order valence-electron chi connectivity index (χ3n) is 4.90. The second-order valence-corrected chi connectivity index (χ2v) is 6.76. The zero-order valence-corrected chi connectivity index (χ0v) is 15.1. The van der Waals surface area contributed by atoms with Crippen molar-refractivity contribution in [2.45, 2.75) is 19.8 Å². The second-order valence-electron chi connectivity index (χ2n) is 6.76. The van der Waals surface area contributed by atoms with E-state index in [1.807, 2.05) is 49.9 Å². The minimum absolute atomic E-state index is 0.789. The summed E-state index contributed by atoms with van der Waals surface area (Å²) < 4.78 is 2.06. The molecular formula is C20H19N7. The van der Waals surface area contributed by atoms with E-state index in [0.29, 0.717) is 0 Å². The normalized spacial score (nSPS) is 14.2. The van der Waals surface area contributed by atoms with E-state index in [1.165, 1.54) is 12.8 Å². The Labute approximate surface area is 156 Å². The maximum absolute atomic E-state index is 4.81. The van der Waals surface area contributed by atoms with Gasteiger partial charge in [0.25, 0.3) is 0 Å². The van der Waals surface area contributed by atoms with E-state index in [-0.39, 0.29) is 0 Å². The summed E-state index contributed by atoms with van der Waals surface area (Å²) in [6.07, 6.45) is 11.5. The summed E-state index contributed by atoms with van der Waals surface area (Å²) in [4.78, 5) is 24.9. The largest absolute Gasteiger partial charge is 0.341 e. The molecular weight excluding hydrogens is 338 g/mol. The summed E-state index contributed by atoms with van der Waals surface area (Å²) in [7, 11) is 0. The molecule has 0 aliphatic carbocycles. The van der Waals surface area contributed by atoms with Crippen molar-refractivity contribution in [3.05, 3.63) is 54.9 Å². The Balaban J connectivity index is 1.64. The lowest BCUT2D eigenvalue weighted by atomic mass is 10.3. The molecule has 0 spiro atoms. The monoisotopic (exact) mass is 357 g/mol. The average Bonchev–Trinajstić information content (AvgIpc) is 3.37. The highest BCUT2D eigenvalue weighted by molar-refractivity contribution is 5.82. The number of hydrogen-bond donors (Lipinski definition) is 0. The molecule has 1 aliphatic heterocycles. The number of hydrogen-bond acceptors (Lipinski definition) is 6. The van der Waals surface area contributed by atoms with Crippen molar-refractivity contribution in [1.29, 1.82) is 0 Å². The Kier molecular flexibility index (Phi) is 3.78. The molecule has 1 saturated heterocycles. The van der Waals surface area contributed by atoms with Gasteiger partial charge in [-0.3, -0.25) is 14.5 Å². The third kappa shape index (κ3) is 2.81. The van der Waals surface area contributed by atoms with E-state index >= 15 is 0 Å². The van der Waals surface area contributed by atoms with Crippen molar-refractivity contribution in [3.8, 4) is 17.1 Å². The molecule has 1 fully saturated rings.